The Hall–Kier alpha value is -2.35. The van der Waals surface area contributed by atoms with Crippen molar-refractivity contribution in [1.82, 2.24) is 0 Å². The van der Waals surface area contributed by atoms with Crippen LogP contribution in [0.4, 0.5) is 11.4 Å². The highest BCUT2D eigenvalue weighted by Gasteiger charge is 2.15. The number of nitro benzene ring substituents is 1. The van der Waals surface area contributed by atoms with Gasteiger partial charge in [0, 0.05) is 20.1 Å². The van der Waals surface area contributed by atoms with Gasteiger partial charge in [-0.3, -0.25) is 14.9 Å². The van der Waals surface area contributed by atoms with Gasteiger partial charge >= 0.3 is 5.97 Å². The van der Waals surface area contributed by atoms with Crippen molar-refractivity contribution in [3.05, 3.63) is 28.3 Å². The van der Waals surface area contributed by atoms with Crippen LogP contribution in [0.25, 0.3) is 0 Å². The maximum absolute atomic E-state index is 11.1. The summed E-state index contributed by atoms with van der Waals surface area (Å²) in [6, 6.07) is 4.59. The molecule has 0 saturated carbocycles. The maximum Gasteiger partial charge on any atom is 0.305 e. The van der Waals surface area contributed by atoms with E-state index in [1.54, 1.807) is 19.2 Å². The Morgan fingerprint density at radius 3 is 2.73 bits per heavy atom. The molecule has 0 saturated heterocycles. The van der Waals surface area contributed by atoms with E-state index in [1.165, 1.54) is 13.2 Å². The molecule has 0 radical (unpaired) electrons. The molecule has 22 heavy (non-hydrogen) atoms. The zero-order valence-corrected chi connectivity index (χ0v) is 12.7. The fourth-order valence-corrected chi connectivity index (χ4v) is 1.70. The molecule has 0 aromatic heterocycles. The van der Waals surface area contributed by atoms with Crippen molar-refractivity contribution in [2.75, 3.05) is 39.3 Å². The molecule has 8 heteroatoms. The average molecular weight is 312 g/mol. The minimum atomic E-state index is -0.480. The molecule has 0 spiro atoms. The van der Waals surface area contributed by atoms with Crippen LogP contribution >= 0.6 is 0 Å². The van der Waals surface area contributed by atoms with Crippen molar-refractivity contribution >= 4 is 17.3 Å². The first-order valence-corrected chi connectivity index (χ1v) is 6.79. The molecule has 0 aliphatic heterocycles. The number of anilines is 1. The van der Waals surface area contributed by atoms with E-state index in [2.05, 4.69) is 10.1 Å². The lowest BCUT2D eigenvalue weighted by atomic mass is 10.2. The number of methoxy groups -OCH3 is 2. The van der Waals surface area contributed by atoms with Crippen molar-refractivity contribution in [3.63, 3.8) is 0 Å². The van der Waals surface area contributed by atoms with Crippen LogP contribution in [0.3, 0.4) is 0 Å². The Bertz CT molecular complexity index is 506. The molecule has 122 valence electrons. The van der Waals surface area contributed by atoms with Gasteiger partial charge in [0.15, 0.2) is 0 Å². The molecule has 0 fully saturated rings. The summed E-state index contributed by atoms with van der Waals surface area (Å²) in [6.45, 7) is 1.15. The molecule has 1 N–H and O–H groups in total. The number of nitro groups is 1. The molecule has 0 amide bonds. The number of hydrogen-bond donors (Lipinski definition) is 1. The van der Waals surface area contributed by atoms with Gasteiger partial charge in [-0.05, 0) is 18.6 Å². The van der Waals surface area contributed by atoms with Gasteiger partial charge in [-0.15, -0.1) is 0 Å². The highest BCUT2D eigenvalue weighted by atomic mass is 16.6. The maximum atomic E-state index is 11.1. The largest absolute Gasteiger partial charge is 0.491 e. The zero-order valence-electron chi connectivity index (χ0n) is 12.7. The first kappa shape index (κ1) is 17.7. The topological polar surface area (TPSA) is 99.9 Å². The standard InChI is InChI=1S/C14H20N2O6/c1-20-8-9-22-11-5-6-12(13(10-11)16(18)19)15-7-3-4-14(17)21-2/h5-6,10,15H,3-4,7-9H2,1-2H3. The molecule has 0 heterocycles. The van der Waals surface area contributed by atoms with E-state index in [-0.39, 0.29) is 18.1 Å². The second-order valence-electron chi connectivity index (χ2n) is 4.38. The van der Waals surface area contributed by atoms with Gasteiger partial charge < -0.3 is 19.5 Å². The Morgan fingerprint density at radius 1 is 1.32 bits per heavy atom. The van der Waals surface area contributed by atoms with Crippen LogP contribution in [0.15, 0.2) is 18.2 Å². The molecule has 0 aliphatic rings. The van der Waals surface area contributed by atoms with Crippen molar-refractivity contribution in [2.24, 2.45) is 0 Å². The number of hydrogen-bond acceptors (Lipinski definition) is 7. The van der Waals surface area contributed by atoms with Crippen LogP contribution in [0.5, 0.6) is 5.75 Å². The van der Waals surface area contributed by atoms with E-state index in [1.807, 2.05) is 0 Å². The molecular formula is C14H20N2O6. The van der Waals surface area contributed by atoms with Crippen LogP contribution in [0, 0.1) is 10.1 Å². The summed E-state index contributed by atoms with van der Waals surface area (Å²) in [5.74, 6) is 0.0991. The Morgan fingerprint density at radius 2 is 2.09 bits per heavy atom. The van der Waals surface area contributed by atoms with Crippen LogP contribution < -0.4 is 10.1 Å². The number of benzene rings is 1. The minimum Gasteiger partial charge on any atom is -0.491 e. The Kier molecular flexibility index (Phi) is 7.69. The van der Waals surface area contributed by atoms with Gasteiger partial charge in [0.05, 0.1) is 24.7 Å². The monoisotopic (exact) mass is 312 g/mol. The van der Waals surface area contributed by atoms with E-state index in [9.17, 15) is 14.9 Å². The number of nitrogens with zero attached hydrogens (tertiary/aromatic N) is 1. The molecule has 0 unspecified atom stereocenters. The summed E-state index contributed by atoms with van der Waals surface area (Å²) >= 11 is 0. The summed E-state index contributed by atoms with van der Waals surface area (Å²) in [4.78, 5) is 21.6. The quantitative estimate of drug-likeness (QED) is 0.305. The highest BCUT2D eigenvalue weighted by molar-refractivity contribution is 5.69. The number of rotatable bonds is 10. The van der Waals surface area contributed by atoms with E-state index in [0.717, 1.165) is 0 Å². The van der Waals surface area contributed by atoms with Crippen molar-refractivity contribution in [1.29, 1.82) is 0 Å². The summed E-state index contributed by atoms with van der Waals surface area (Å²) < 4.78 is 14.7. The lowest BCUT2D eigenvalue weighted by molar-refractivity contribution is -0.384. The highest BCUT2D eigenvalue weighted by Crippen LogP contribution is 2.29. The van der Waals surface area contributed by atoms with Crippen LogP contribution in [0.1, 0.15) is 12.8 Å². The van der Waals surface area contributed by atoms with Gasteiger partial charge in [0.25, 0.3) is 5.69 Å². The molecule has 0 atom stereocenters. The summed E-state index contributed by atoms with van der Waals surface area (Å²) in [7, 11) is 2.87. The van der Waals surface area contributed by atoms with Crippen molar-refractivity contribution in [3.8, 4) is 5.75 Å². The lowest BCUT2D eigenvalue weighted by Crippen LogP contribution is -2.08. The van der Waals surface area contributed by atoms with E-state index in [0.29, 0.717) is 37.6 Å². The van der Waals surface area contributed by atoms with Gasteiger partial charge in [-0.2, -0.15) is 0 Å². The number of ether oxygens (including phenoxy) is 3. The summed E-state index contributed by atoms with van der Waals surface area (Å²) in [5, 5.41) is 14.0. The predicted molar refractivity (Wildman–Crippen MR) is 80.2 cm³/mol. The molecule has 0 bridgehead atoms. The summed E-state index contributed by atoms with van der Waals surface area (Å²) in [6.07, 6.45) is 0.783. The van der Waals surface area contributed by atoms with Gasteiger partial charge in [-0.25, -0.2) is 0 Å². The predicted octanol–water partition coefficient (Wildman–Crippen LogP) is 1.99. The SMILES string of the molecule is COCCOc1ccc(NCCCC(=O)OC)c([N+](=O)[O-])c1. The van der Waals surface area contributed by atoms with E-state index >= 15 is 0 Å². The van der Waals surface area contributed by atoms with Crippen molar-refractivity contribution < 1.29 is 23.9 Å². The Balaban J connectivity index is 2.61. The Labute approximate surface area is 128 Å². The molecule has 1 rings (SSSR count). The van der Waals surface area contributed by atoms with Crippen LogP contribution in [0.2, 0.25) is 0 Å². The van der Waals surface area contributed by atoms with Crippen LogP contribution in [-0.4, -0.2) is 44.9 Å². The number of carbonyl (C=O) groups is 1. The first-order valence-electron chi connectivity index (χ1n) is 6.79. The molecule has 1 aromatic rings. The number of carbonyl (C=O) groups excluding carboxylic acids is 1. The smallest absolute Gasteiger partial charge is 0.305 e. The average Bonchev–Trinajstić information content (AvgIpc) is 2.52. The second-order valence-corrected chi connectivity index (χ2v) is 4.38. The van der Waals surface area contributed by atoms with Crippen LogP contribution in [-0.2, 0) is 14.3 Å². The fourth-order valence-electron chi connectivity index (χ4n) is 1.70. The zero-order chi connectivity index (χ0) is 16.4. The van der Waals surface area contributed by atoms with Gasteiger partial charge in [0.2, 0.25) is 0 Å². The van der Waals surface area contributed by atoms with E-state index < -0.39 is 4.92 Å². The normalized spacial score (nSPS) is 10.1. The van der Waals surface area contributed by atoms with Gasteiger partial charge in [-0.1, -0.05) is 0 Å². The molecule has 0 aliphatic carbocycles. The lowest BCUT2D eigenvalue weighted by Gasteiger charge is -2.09. The number of nitrogens with one attached hydrogen (secondary N) is 1. The van der Waals surface area contributed by atoms with Crippen molar-refractivity contribution in [2.45, 2.75) is 12.8 Å². The third-order valence-electron chi connectivity index (χ3n) is 2.82. The molecule has 1 aromatic carbocycles. The third kappa shape index (κ3) is 5.96. The minimum absolute atomic E-state index is 0.0759. The first-order chi connectivity index (χ1) is 10.6. The molecular weight excluding hydrogens is 292 g/mol. The van der Waals surface area contributed by atoms with E-state index in [4.69, 9.17) is 9.47 Å². The fraction of sp³-hybridized carbons (Fsp3) is 0.500. The van der Waals surface area contributed by atoms with Gasteiger partial charge in [0.1, 0.15) is 18.0 Å². The second kappa shape index (κ2) is 9.56. The molecule has 8 nitrogen and oxygen atoms in total. The third-order valence-corrected chi connectivity index (χ3v) is 2.82. The summed E-state index contributed by atoms with van der Waals surface area (Å²) in [5.41, 5.74) is 0.307. The number of esters is 1.